The van der Waals surface area contributed by atoms with Crippen LogP contribution in [0.3, 0.4) is 0 Å². The lowest BCUT2D eigenvalue weighted by atomic mass is 9.78. The van der Waals surface area contributed by atoms with Gasteiger partial charge < -0.3 is 14.4 Å². The Hall–Kier alpha value is -0.950. The van der Waals surface area contributed by atoms with Crippen molar-refractivity contribution in [1.29, 1.82) is 0 Å². The Labute approximate surface area is 160 Å². The summed E-state index contributed by atoms with van der Waals surface area (Å²) in [7, 11) is 0. The minimum absolute atomic E-state index is 0.0132. The molecular formula is C20H30N2O3S. The van der Waals surface area contributed by atoms with Gasteiger partial charge in [0.2, 0.25) is 5.91 Å². The van der Waals surface area contributed by atoms with Crippen molar-refractivity contribution < 1.29 is 14.3 Å². The number of thiophene rings is 1. The molecule has 3 saturated heterocycles. The Kier molecular flexibility index (Phi) is 5.93. The number of piperidine rings is 1. The van der Waals surface area contributed by atoms with Gasteiger partial charge in [0.05, 0.1) is 18.8 Å². The van der Waals surface area contributed by atoms with E-state index >= 15 is 0 Å². The second kappa shape index (κ2) is 8.38. The molecule has 4 rings (SSSR count). The van der Waals surface area contributed by atoms with Gasteiger partial charge in [0.1, 0.15) is 0 Å². The molecule has 1 aromatic heterocycles. The van der Waals surface area contributed by atoms with Gasteiger partial charge in [-0.25, -0.2) is 0 Å². The molecule has 3 aliphatic heterocycles. The van der Waals surface area contributed by atoms with Crippen molar-refractivity contribution in [2.24, 2.45) is 5.92 Å². The Morgan fingerprint density at radius 3 is 2.73 bits per heavy atom. The maximum Gasteiger partial charge on any atom is 0.223 e. The quantitative estimate of drug-likeness (QED) is 0.808. The number of amides is 1. The molecule has 26 heavy (non-hydrogen) atoms. The van der Waals surface area contributed by atoms with E-state index in [0.717, 1.165) is 65.0 Å². The van der Waals surface area contributed by atoms with Crippen molar-refractivity contribution in [3.63, 3.8) is 0 Å². The second-order valence-electron chi connectivity index (χ2n) is 8.00. The van der Waals surface area contributed by atoms with Crippen LogP contribution in [0.5, 0.6) is 0 Å². The first-order valence-electron chi connectivity index (χ1n) is 9.95. The number of rotatable bonds is 4. The number of likely N-dealkylation sites (tertiary alicyclic amines) is 1. The van der Waals surface area contributed by atoms with Crippen molar-refractivity contribution in [2.75, 3.05) is 46.0 Å². The molecule has 0 aliphatic carbocycles. The number of hydrogen-bond donors (Lipinski definition) is 0. The SMILES string of the molecule is O=C(CC1CCOC2(CCN(Cc3ccsc3)CC2)C1)N1CCOCC1. The van der Waals surface area contributed by atoms with Crippen LogP contribution < -0.4 is 0 Å². The standard InChI is InChI=1S/C20H30N2O3S/c23-19(22-7-10-24-11-8-22)13-17-1-9-25-20(14-17)3-5-21(6-4-20)15-18-2-12-26-16-18/h2,12,16-17H,1,3-11,13-15H2. The van der Waals surface area contributed by atoms with Crippen LogP contribution in [0, 0.1) is 5.92 Å². The first kappa shape index (κ1) is 18.4. The molecule has 0 N–H and O–H groups in total. The van der Waals surface area contributed by atoms with Crippen molar-refractivity contribution >= 4 is 17.2 Å². The van der Waals surface area contributed by atoms with Crippen LogP contribution in [0.15, 0.2) is 16.8 Å². The Morgan fingerprint density at radius 1 is 1.19 bits per heavy atom. The van der Waals surface area contributed by atoms with Crippen LogP contribution in [0.2, 0.25) is 0 Å². The molecule has 6 heteroatoms. The van der Waals surface area contributed by atoms with Crippen LogP contribution in [0.1, 0.15) is 37.7 Å². The number of morpholine rings is 1. The van der Waals surface area contributed by atoms with Crippen molar-refractivity contribution in [1.82, 2.24) is 9.80 Å². The zero-order valence-corrected chi connectivity index (χ0v) is 16.3. The zero-order chi connectivity index (χ0) is 17.8. The minimum atomic E-state index is 0.0132. The van der Waals surface area contributed by atoms with Gasteiger partial charge in [-0.05, 0) is 54.0 Å². The molecule has 1 spiro atoms. The average molecular weight is 379 g/mol. The van der Waals surface area contributed by atoms with Gasteiger partial charge in [-0.3, -0.25) is 9.69 Å². The maximum absolute atomic E-state index is 12.6. The van der Waals surface area contributed by atoms with E-state index in [9.17, 15) is 4.79 Å². The highest BCUT2D eigenvalue weighted by Crippen LogP contribution is 2.39. The van der Waals surface area contributed by atoms with Gasteiger partial charge in [0.15, 0.2) is 0 Å². The molecule has 1 aromatic rings. The fourth-order valence-corrected chi connectivity index (χ4v) is 5.26. The minimum Gasteiger partial charge on any atom is -0.378 e. The van der Waals surface area contributed by atoms with Crippen LogP contribution >= 0.6 is 11.3 Å². The van der Waals surface area contributed by atoms with E-state index in [-0.39, 0.29) is 5.60 Å². The molecule has 1 atom stereocenters. The summed E-state index contributed by atoms with van der Waals surface area (Å²) in [5.41, 5.74) is 1.43. The van der Waals surface area contributed by atoms with E-state index < -0.39 is 0 Å². The number of ether oxygens (including phenoxy) is 2. The van der Waals surface area contributed by atoms with E-state index in [4.69, 9.17) is 9.47 Å². The van der Waals surface area contributed by atoms with Gasteiger partial charge in [-0.15, -0.1) is 0 Å². The third-order valence-electron chi connectivity index (χ3n) is 6.18. The summed E-state index contributed by atoms with van der Waals surface area (Å²) in [6.07, 6.45) is 4.95. The van der Waals surface area contributed by atoms with E-state index in [1.807, 2.05) is 4.90 Å². The first-order chi connectivity index (χ1) is 12.7. The highest BCUT2D eigenvalue weighted by molar-refractivity contribution is 7.07. The molecule has 4 heterocycles. The van der Waals surface area contributed by atoms with Gasteiger partial charge in [0, 0.05) is 45.8 Å². The predicted octanol–water partition coefficient (Wildman–Crippen LogP) is 2.76. The molecule has 0 radical (unpaired) electrons. The van der Waals surface area contributed by atoms with Crippen molar-refractivity contribution in [3.8, 4) is 0 Å². The van der Waals surface area contributed by atoms with E-state index in [2.05, 4.69) is 21.7 Å². The summed E-state index contributed by atoms with van der Waals surface area (Å²) in [4.78, 5) is 17.1. The maximum atomic E-state index is 12.6. The molecule has 3 fully saturated rings. The van der Waals surface area contributed by atoms with Crippen LogP contribution in [0.25, 0.3) is 0 Å². The number of carbonyl (C=O) groups excluding carboxylic acids is 1. The van der Waals surface area contributed by atoms with Gasteiger partial charge in [0.25, 0.3) is 0 Å². The number of hydrogen-bond acceptors (Lipinski definition) is 5. The van der Waals surface area contributed by atoms with E-state index in [1.165, 1.54) is 5.56 Å². The Balaban J connectivity index is 1.27. The Morgan fingerprint density at radius 2 is 2.00 bits per heavy atom. The summed E-state index contributed by atoms with van der Waals surface area (Å²) in [6, 6.07) is 2.22. The lowest BCUT2D eigenvalue weighted by Crippen LogP contribution is -2.50. The molecular weight excluding hydrogens is 348 g/mol. The monoisotopic (exact) mass is 378 g/mol. The third kappa shape index (κ3) is 4.47. The van der Waals surface area contributed by atoms with Crippen LogP contribution in [-0.4, -0.2) is 67.3 Å². The normalized spacial score (nSPS) is 26.9. The highest BCUT2D eigenvalue weighted by atomic mass is 32.1. The fraction of sp³-hybridized carbons (Fsp3) is 0.750. The zero-order valence-electron chi connectivity index (χ0n) is 15.5. The fourth-order valence-electron chi connectivity index (χ4n) is 4.60. The van der Waals surface area contributed by atoms with Gasteiger partial charge in [-0.2, -0.15) is 11.3 Å². The molecule has 0 saturated carbocycles. The molecule has 1 unspecified atom stereocenters. The van der Waals surface area contributed by atoms with Crippen LogP contribution in [0.4, 0.5) is 0 Å². The summed E-state index contributed by atoms with van der Waals surface area (Å²) < 4.78 is 11.6. The van der Waals surface area contributed by atoms with Crippen molar-refractivity contribution in [3.05, 3.63) is 22.4 Å². The number of carbonyl (C=O) groups is 1. The Bertz CT molecular complexity index is 578. The van der Waals surface area contributed by atoms with E-state index in [1.54, 1.807) is 11.3 Å². The van der Waals surface area contributed by atoms with Gasteiger partial charge >= 0.3 is 0 Å². The summed E-state index contributed by atoms with van der Waals surface area (Å²) in [5.74, 6) is 0.785. The topological polar surface area (TPSA) is 42.0 Å². The highest BCUT2D eigenvalue weighted by Gasteiger charge is 2.41. The first-order valence-corrected chi connectivity index (χ1v) is 10.9. The largest absolute Gasteiger partial charge is 0.378 e. The molecule has 1 amide bonds. The summed E-state index contributed by atoms with van der Waals surface area (Å²) >= 11 is 1.77. The summed E-state index contributed by atoms with van der Waals surface area (Å²) in [6.45, 7) is 6.94. The smallest absolute Gasteiger partial charge is 0.223 e. The van der Waals surface area contributed by atoms with Crippen molar-refractivity contribution in [2.45, 2.75) is 44.2 Å². The predicted molar refractivity (Wildman–Crippen MR) is 102 cm³/mol. The molecule has 0 bridgehead atoms. The molecule has 0 aromatic carbocycles. The summed E-state index contributed by atoms with van der Waals surface area (Å²) in [5, 5.41) is 4.40. The number of nitrogens with zero attached hydrogens (tertiary/aromatic N) is 2. The second-order valence-corrected chi connectivity index (χ2v) is 8.78. The third-order valence-corrected chi connectivity index (χ3v) is 6.91. The van der Waals surface area contributed by atoms with Gasteiger partial charge in [-0.1, -0.05) is 0 Å². The lowest BCUT2D eigenvalue weighted by molar-refractivity contribution is -0.145. The molecule has 5 nitrogen and oxygen atoms in total. The average Bonchev–Trinajstić information content (AvgIpc) is 3.18. The van der Waals surface area contributed by atoms with Crippen LogP contribution in [-0.2, 0) is 20.8 Å². The molecule has 144 valence electrons. The lowest BCUT2D eigenvalue weighted by Gasteiger charge is -2.46. The van der Waals surface area contributed by atoms with E-state index in [0.29, 0.717) is 31.5 Å². The molecule has 3 aliphatic rings.